The Morgan fingerprint density at radius 2 is 1.91 bits per heavy atom. The van der Waals surface area contributed by atoms with Crippen molar-refractivity contribution in [3.05, 3.63) is 29.3 Å². The molecule has 0 spiro atoms. The lowest BCUT2D eigenvalue weighted by atomic mass is 9.78. The zero-order valence-corrected chi connectivity index (χ0v) is 12.1. The van der Waals surface area contributed by atoms with Gasteiger partial charge < -0.3 is 19.9 Å². The minimum absolute atomic E-state index is 0.00536. The van der Waals surface area contributed by atoms with Crippen LogP contribution in [-0.2, 0) is 16.5 Å². The maximum absolute atomic E-state index is 12.9. The molecule has 2 heterocycles. The van der Waals surface area contributed by atoms with E-state index >= 15 is 0 Å². The van der Waals surface area contributed by atoms with E-state index in [-0.39, 0.29) is 17.8 Å². The van der Waals surface area contributed by atoms with Gasteiger partial charge in [-0.25, -0.2) is 0 Å². The zero-order chi connectivity index (χ0) is 16.0. The Morgan fingerprint density at radius 3 is 2.45 bits per heavy atom. The second kappa shape index (κ2) is 5.40. The summed E-state index contributed by atoms with van der Waals surface area (Å²) >= 11 is 0. The molecular weight excluding hydrogens is 299 g/mol. The van der Waals surface area contributed by atoms with E-state index in [1.54, 1.807) is 0 Å². The van der Waals surface area contributed by atoms with Crippen molar-refractivity contribution in [1.29, 1.82) is 0 Å². The lowest BCUT2D eigenvalue weighted by Crippen LogP contribution is -2.58. The predicted molar refractivity (Wildman–Crippen MR) is 72.7 cm³/mol. The summed E-state index contributed by atoms with van der Waals surface area (Å²) in [5, 5.41) is 14.3. The first-order chi connectivity index (χ1) is 10.3. The van der Waals surface area contributed by atoms with Gasteiger partial charge in [0, 0.05) is 12.1 Å². The summed E-state index contributed by atoms with van der Waals surface area (Å²) < 4.78 is 49.1. The molecule has 0 radical (unpaired) electrons. The van der Waals surface area contributed by atoms with Crippen LogP contribution in [0.5, 0.6) is 5.75 Å². The predicted octanol–water partition coefficient (Wildman–Crippen LogP) is 2.05. The molecule has 7 heteroatoms. The van der Waals surface area contributed by atoms with Gasteiger partial charge in [0.25, 0.3) is 0 Å². The van der Waals surface area contributed by atoms with E-state index in [0.29, 0.717) is 31.6 Å². The fourth-order valence-corrected chi connectivity index (χ4v) is 3.37. The fourth-order valence-electron chi connectivity index (χ4n) is 3.37. The number of alkyl halides is 3. The largest absolute Gasteiger partial charge is 0.496 e. The maximum atomic E-state index is 12.9. The minimum Gasteiger partial charge on any atom is -0.496 e. The SMILES string of the molecule is COc1cc(C2(O)CC3COCC(C2)N3)ccc1C(F)(F)F. The summed E-state index contributed by atoms with van der Waals surface area (Å²) in [4.78, 5) is 0. The van der Waals surface area contributed by atoms with E-state index < -0.39 is 17.3 Å². The van der Waals surface area contributed by atoms with Gasteiger partial charge in [0.15, 0.2) is 0 Å². The molecule has 2 atom stereocenters. The van der Waals surface area contributed by atoms with E-state index in [1.165, 1.54) is 19.2 Å². The second-order valence-corrected chi connectivity index (χ2v) is 5.95. The van der Waals surface area contributed by atoms with Crippen LogP contribution in [0.25, 0.3) is 0 Å². The van der Waals surface area contributed by atoms with Crippen LogP contribution in [0.1, 0.15) is 24.0 Å². The molecule has 2 aliphatic rings. The number of morpholine rings is 1. The number of fused-ring (bicyclic) bond motifs is 2. The summed E-state index contributed by atoms with van der Waals surface area (Å²) in [6.07, 6.45) is -3.68. The molecule has 2 saturated heterocycles. The molecule has 0 aromatic heterocycles. The van der Waals surface area contributed by atoms with Crippen LogP contribution >= 0.6 is 0 Å². The van der Waals surface area contributed by atoms with E-state index in [0.717, 1.165) is 6.07 Å². The summed E-state index contributed by atoms with van der Waals surface area (Å²) in [7, 11) is 1.20. The normalized spacial score (nSPS) is 31.9. The van der Waals surface area contributed by atoms with Crippen molar-refractivity contribution in [3.63, 3.8) is 0 Å². The van der Waals surface area contributed by atoms with Crippen LogP contribution in [0.15, 0.2) is 18.2 Å². The topological polar surface area (TPSA) is 50.7 Å². The van der Waals surface area contributed by atoms with Crippen LogP contribution in [0.2, 0.25) is 0 Å². The van der Waals surface area contributed by atoms with Gasteiger partial charge in [0.05, 0.1) is 31.5 Å². The Balaban J connectivity index is 1.94. The average molecular weight is 317 g/mol. The first kappa shape index (κ1) is 15.6. The van der Waals surface area contributed by atoms with Crippen molar-refractivity contribution < 1.29 is 27.8 Å². The zero-order valence-electron chi connectivity index (χ0n) is 12.1. The first-order valence-corrected chi connectivity index (χ1v) is 7.14. The van der Waals surface area contributed by atoms with E-state index in [4.69, 9.17) is 9.47 Å². The molecule has 2 fully saturated rings. The molecule has 1 aromatic rings. The smallest absolute Gasteiger partial charge is 0.419 e. The van der Waals surface area contributed by atoms with Crippen molar-refractivity contribution in [2.75, 3.05) is 20.3 Å². The third kappa shape index (κ3) is 2.80. The monoisotopic (exact) mass is 317 g/mol. The highest BCUT2D eigenvalue weighted by molar-refractivity contribution is 5.42. The Kier molecular flexibility index (Phi) is 3.82. The fraction of sp³-hybridized carbons (Fsp3) is 0.600. The molecule has 0 aliphatic carbocycles. The van der Waals surface area contributed by atoms with Gasteiger partial charge in [-0.1, -0.05) is 6.07 Å². The summed E-state index contributed by atoms with van der Waals surface area (Å²) in [6.45, 7) is 0.993. The second-order valence-electron chi connectivity index (χ2n) is 5.95. The summed E-state index contributed by atoms with van der Waals surface area (Å²) in [5.74, 6) is -0.265. The lowest BCUT2D eigenvalue weighted by Gasteiger charge is -2.45. The molecule has 2 unspecified atom stereocenters. The van der Waals surface area contributed by atoms with Gasteiger partial charge in [0.1, 0.15) is 5.75 Å². The third-order valence-corrected chi connectivity index (χ3v) is 4.32. The molecule has 2 N–H and O–H groups in total. The van der Waals surface area contributed by atoms with Crippen LogP contribution in [-0.4, -0.2) is 37.5 Å². The number of halogens is 3. The molecule has 1 aromatic carbocycles. The quantitative estimate of drug-likeness (QED) is 0.877. The van der Waals surface area contributed by atoms with Crippen LogP contribution in [0.3, 0.4) is 0 Å². The molecular formula is C15H18F3NO3. The summed E-state index contributed by atoms with van der Waals surface area (Å²) in [6, 6.07) is 3.62. The number of ether oxygens (including phenoxy) is 2. The molecule has 4 nitrogen and oxygen atoms in total. The van der Waals surface area contributed by atoms with Gasteiger partial charge in [-0.3, -0.25) is 0 Å². The molecule has 0 amide bonds. The number of rotatable bonds is 2. The van der Waals surface area contributed by atoms with E-state index in [2.05, 4.69) is 5.32 Å². The van der Waals surface area contributed by atoms with Crippen molar-refractivity contribution in [2.24, 2.45) is 0 Å². The number of hydrogen-bond acceptors (Lipinski definition) is 4. The van der Waals surface area contributed by atoms with Crippen LogP contribution < -0.4 is 10.1 Å². The van der Waals surface area contributed by atoms with Crippen LogP contribution in [0.4, 0.5) is 13.2 Å². The van der Waals surface area contributed by atoms with Gasteiger partial charge in [-0.2, -0.15) is 13.2 Å². The Hall–Kier alpha value is -1.31. The van der Waals surface area contributed by atoms with Crippen molar-refractivity contribution in [3.8, 4) is 5.75 Å². The maximum Gasteiger partial charge on any atom is 0.419 e. The standard InChI is InChI=1S/C15H18F3NO3/c1-21-13-4-9(2-3-12(13)15(16,17)18)14(20)5-10-7-22-8-11(6-14)19-10/h2-4,10-11,19-20H,5-8H2,1H3. The highest BCUT2D eigenvalue weighted by Gasteiger charge is 2.43. The first-order valence-electron chi connectivity index (χ1n) is 7.14. The lowest BCUT2D eigenvalue weighted by molar-refractivity contribution is -0.138. The van der Waals surface area contributed by atoms with Gasteiger partial charge in [-0.15, -0.1) is 0 Å². The number of benzene rings is 1. The molecule has 2 aliphatic heterocycles. The molecule has 3 rings (SSSR count). The van der Waals surface area contributed by atoms with Gasteiger partial charge in [-0.05, 0) is 30.5 Å². The third-order valence-electron chi connectivity index (χ3n) is 4.32. The average Bonchev–Trinajstić information content (AvgIpc) is 2.45. The van der Waals surface area contributed by atoms with Crippen molar-refractivity contribution >= 4 is 0 Å². The van der Waals surface area contributed by atoms with Crippen molar-refractivity contribution in [2.45, 2.75) is 36.7 Å². The number of nitrogens with one attached hydrogen (secondary N) is 1. The Bertz CT molecular complexity index is 549. The number of aliphatic hydroxyl groups is 1. The number of methoxy groups -OCH3 is 1. The minimum atomic E-state index is -4.48. The van der Waals surface area contributed by atoms with Gasteiger partial charge >= 0.3 is 6.18 Å². The van der Waals surface area contributed by atoms with Crippen LogP contribution in [0, 0.1) is 0 Å². The molecule has 122 valence electrons. The highest BCUT2D eigenvalue weighted by Crippen LogP contribution is 2.42. The van der Waals surface area contributed by atoms with E-state index in [9.17, 15) is 18.3 Å². The number of piperidine rings is 1. The van der Waals surface area contributed by atoms with Gasteiger partial charge in [0.2, 0.25) is 0 Å². The Labute approximate surface area is 126 Å². The van der Waals surface area contributed by atoms with Crippen molar-refractivity contribution in [1.82, 2.24) is 5.32 Å². The summed E-state index contributed by atoms with van der Waals surface area (Å²) in [5.41, 5.74) is -1.54. The molecule has 0 saturated carbocycles. The molecule has 2 bridgehead atoms. The highest BCUT2D eigenvalue weighted by atomic mass is 19.4. The number of hydrogen-bond donors (Lipinski definition) is 2. The molecule has 22 heavy (non-hydrogen) atoms. The Morgan fingerprint density at radius 1 is 1.27 bits per heavy atom. The van der Waals surface area contributed by atoms with E-state index in [1.807, 2.05) is 0 Å².